The van der Waals surface area contributed by atoms with Gasteiger partial charge in [0.15, 0.2) is 0 Å². The van der Waals surface area contributed by atoms with Gasteiger partial charge in [0.2, 0.25) is 0 Å². The van der Waals surface area contributed by atoms with Crippen LogP contribution >= 0.6 is 0 Å². The maximum atomic E-state index is 5.50. The van der Waals surface area contributed by atoms with Crippen LogP contribution in [0.3, 0.4) is 0 Å². The fourth-order valence-corrected chi connectivity index (χ4v) is 1.54. The van der Waals surface area contributed by atoms with Crippen molar-refractivity contribution in [2.24, 2.45) is 5.73 Å². The summed E-state index contributed by atoms with van der Waals surface area (Å²) in [5, 5.41) is 4.16. The van der Waals surface area contributed by atoms with Crippen LogP contribution in [0.5, 0.6) is 0 Å². The van der Waals surface area contributed by atoms with E-state index in [9.17, 15) is 0 Å². The minimum Gasteiger partial charge on any atom is -0.330 e. The second-order valence-corrected chi connectivity index (χ2v) is 3.50. The van der Waals surface area contributed by atoms with E-state index >= 15 is 0 Å². The van der Waals surface area contributed by atoms with Crippen molar-refractivity contribution >= 4 is 0 Å². The van der Waals surface area contributed by atoms with Crippen LogP contribution in [0.1, 0.15) is 26.1 Å². The van der Waals surface area contributed by atoms with Crippen LogP contribution in [0, 0.1) is 0 Å². The number of aryl methyl sites for hydroxylation is 1. The van der Waals surface area contributed by atoms with Crippen molar-refractivity contribution in [2.45, 2.75) is 33.4 Å². The second kappa shape index (κ2) is 6.53. The van der Waals surface area contributed by atoms with Crippen molar-refractivity contribution in [3.63, 3.8) is 0 Å². The Labute approximate surface area is 91.3 Å². The third-order valence-corrected chi connectivity index (χ3v) is 2.49. The van der Waals surface area contributed by atoms with E-state index in [1.807, 2.05) is 4.68 Å². The van der Waals surface area contributed by atoms with Gasteiger partial charge in [0.25, 0.3) is 0 Å². The summed E-state index contributed by atoms with van der Waals surface area (Å²) < 4.78 is 1.94. The molecule has 0 saturated heterocycles. The summed E-state index contributed by atoms with van der Waals surface area (Å²) in [4.78, 5) is 6.60. The third-order valence-electron chi connectivity index (χ3n) is 2.49. The molecule has 0 aliphatic heterocycles. The van der Waals surface area contributed by atoms with Gasteiger partial charge in [-0.15, -0.1) is 0 Å². The first-order valence-electron chi connectivity index (χ1n) is 5.60. The van der Waals surface area contributed by atoms with Gasteiger partial charge in [-0.1, -0.05) is 6.92 Å². The highest BCUT2D eigenvalue weighted by Gasteiger charge is 2.07. The number of rotatable bonds is 7. The predicted molar refractivity (Wildman–Crippen MR) is 60.3 cm³/mol. The average molecular weight is 211 g/mol. The van der Waals surface area contributed by atoms with Gasteiger partial charge in [0, 0.05) is 6.54 Å². The number of hydrogen-bond donors (Lipinski definition) is 1. The van der Waals surface area contributed by atoms with E-state index in [1.165, 1.54) is 0 Å². The average Bonchev–Trinajstić information content (AvgIpc) is 2.71. The molecule has 0 atom stereocenters. The molecule has 0 fully saturated rings. The Hall–Kier alpha value is -0.940. The summed E-state index contributed by atoms with van der Waals surface area (Å²) in [6.07, 6.45) is 2.66. The summed E-state index contributed by atoms with van der Waals surface area (Å²) in [6, 6.07) is 0. The van der Waals surface area contributed by atoms with Gasteiger partial charge in [-0.25, -0.2) is 9.67 Å². The van der Waals surface area contributed by atoms with Crippen LogP contribution in [0.2, 0.25) is 0 Å². The summed E-state index contributed by atoms with van der Waals surface area (Å²) in [5.41, 5.74) is 5.50. The fraction of sp³-hybridized carbons (Fsp3) is 0.800. The number of hydrogen-bond acceptors (Lipinski definition) is 4. The topological polar surface area (TPSA) is 60.0 Å². The van der Waals surface area contributed by atoms with Crippen molar-refractivity contribution in [3.05, 3.63) is 12.2 Å². The molecule has 5 heteroatoms. The van der Waals surface area contributed by atoms with E-state index in [2.05, 4.69) is 28.8 Å². The minimum absolute atomic E-state index is 0.747. The molecule has 1 rings (SSSR count). The Morgan fingerprint density at radius 2 is 2.27 bits per heavy atom. The fourth-order valence-electron chi connectivity index (χ4n) is 1.54. The van der Waals surface area contributed by atoms with Crippen LogP contribution in [0.4, 0.5) is 0 Å². The lowest BCUT2D eigenvalue weighted by Gasteiger charge is -2.19. The molecular weight excluding hydrogens is 190 g/mol. The van der Waals surface area contributed by atoms with Gasteiger partial charge in [0.05, 0.1) is 6.54 Å². The van der Waals surface area contributed by atoms with Gasteiger partial charge in [-0.2, -0.15) is 5.10 Å². The van der Waals surface area contributed by atoms with Gasteiger partial charge in [-0.3, -0.25) is 4.90 Å². The summed E-state index contributed by atoms with van der Waals surface area (Å²) in [6.45, 7) is 8.78. The molecule has 0 saturated carbocycles. The highest BCUT2D eigenvalue weighted by Crippen LogP contribution is 2.01. The van der Waals surface area contributed by atoms with Crippen LogP contribution in [-0.4, -0.2) is 39.3 Å². The normalized spacial score (nSPS) is 11.2. The number of aromatic nitrogens is 3. The Morgan fingerprint density at radius 1 is 1.47 bits per heavy atom. The zero-order chi connectivity index (χ0) is 11.1. The zero-order valence-electron chi connectivity index (χ0n) is 9.69. The largest absolute Gasteiger partial charge is 0.330 e. The van der Waals surface area contributed by atoms with Gasteiger partial charge >= 0.3 is 0 Å². The standard InChI is InChI=1S/C10H21N5/c1-3-14(7-5-6-11)8-10-12-9-13-15(10)4-2/h9H,3-8,11H2,1-2H3. The molecule has 0 aliphatic rings. The number of nitrogens with two attached hydrogens (primary N) is 1. The van der Waals surface area contributed by atoms with Gasteiger partial charge in [0.1, 0.15) is 12.2 Å². The molecule has 0 amide bonds. The van der Waals surface area contributed by atoms with Crippen LogP contribution < -0.4 is 5.73 Å². The Kier molecular flexibility index (Phi) is 5.28. The van der Waals surface area contributed by atoms with Gasteiger partial charge < -0.3 is 5.73 Å². The molecule has 0 spiro atoms. The molecule has 1 aromatic heterocycles. The highest BCUT2D eigenvalue weighted by molar-refractivity contribution is 4.84. The van der Waals surface area contributed by atoms with E-state index in [1.54, 1.807) is 6.33 Å². The molecule has 5 nitrogen and oxygen atoms in total. The van der Waals surface area contributed by atoms with E-state index in [0.717, 1.165) is 45.0 Å². The van der Waals surface area contributed by atoms with Crippen LogP contribution in [0.15, 0.2) is 6.33 Å². The maximum absolute atomic E-state index is 5.50. The smallest absolute Gasteiger partial charge is 0.140 e. The van der Waals surface area contributed by atoms with Crippen molar-refractivity contribution in [1.82, 2.24) is 19.7 Å². The van der Waals surface area contributed by atoms with Crippen LogP contribution in [-0.2, 0) is 13.1 Å². The Balaban J connectivity index is 2.50. The lowest BCUT2D eigenvalue weighted by atomic mass is 10.3. The second-order valence-electron chi connectivity index (χ2n) is 3.50. The monoisotopic (exact) mass is 211 g/mol. The van der Waals surface area contributed by atoms with E-state index < -0.39 is 0 Å². The third kappa shape index (κ3) is 3.60. The highest BCUT2D eigenvalue weighted by atomic mass is 15.3. The van der Waals surface area contributed by atoms with E-state index in [0.29, 0.717) is 0 Å². The molecule has 0 aromatic carbocycles. The SMILES string of the molecule is CCN(CCCN)Cc1ncnn1CC. The predicted octanol–water partition coefficient (Wildman–Crippen LogP) is 0.469. The molecule has 2 N–H and O–H groups in total. The molecule has 1 aromatic rings. The summed E-state index contributed by atoms with van der Waals surface area (Å²) in [7, 11) is 0. The van der Waals surface area contributed by atoms with Crippen molar-refractivity contribution in [2.75, 3.05) is 19.6 Å². The first-order chi connectivity index (χ1) is 7.31. The summed E-state index contributed by atoms with van der Waals surface area (Å²) in [5.74, 6) is 1.04. The summed E-state index contributed by atoms with van der Waals surface area (Å²) >= 11 is 0. The molecule has 0 bridgehead atoms. The molecule has 0 unspecified atom stereocenters. The van der Waals surface area contributed by atoms with Gasteiger partial charge in [-0.05, 0) is 33.0 Å². The van der Waals surface area contributed by atoms with Crippen LogP contribution in [0.25, 0.3) is 0 Å². The van der Waals surface area contributed by atoms with E-state index in [-0.39, 0.29) is 0 Å². The molecule has 0 aliphatic carbocycles. The zero-order valence-corrected chi connectivity index (χ0v) is 9.69. The van der Waals surface area contributed by atoms with E-state index in [4.69, 9.17) is 5.73 Å². The quantitative estimate of drug-likeness (QED) is 0.712. The van der Waals surface area contributed by atoms with Crippen molar-refractivity contribution in [3.8, 4) is 0 Å². The lowest BCUT2D eigenvalue weighted by molar-refractivity contribution is 0.265. The maximum Gasteiger partial charge on any atom is 0.140 e. The molecular formula is C10H21N5. The first kappa shape index (κ1) is 12.1. The van der Waals surface area contributed by atoms with Crippen molar-refractivity contribution in [1.29, 1.82) is 0 Å². The molecule has 1 heterocycles. The molecule has 0 radical (unpaired) electrons. The molecule has 86 valence electrons. The first-order valence-corrected chi connectivity index (χ1v) is 5.60. The Morgan fingerprint density at radius 3 is 2.87 bits per heavy atom. The lowest BCUT2D eigenvalue weighted by Crippen LogP contribution is -2.27. The minimum atomic E-state index is 0.747. The number of nitrogens with zero attached hydrogens (tertiary/aromatic N) is 4. The Bertz CT molecular complexity index is 271. The molecule has 15 heavy (non-hydrogen) atoms. The van der Waals surface area contributed by atoms with Crippen molar-refractivity contribution < 1.29 is 0 Å².